The summed E-state index contributed by atoms with van der Waals surface area (Å²) in [6.45, 7) is 2.16. The van der Waals surface area contributed by atoms with Gasteiger partial charge in [-0.2, -0.15) is 5.26 Å². The third kappa shape index (κ3) is 4.20. The number of nitrogens with one attached hydrogen (secondary N) is 1. The number of benzene rings is 2. The van der Waals surface area contributed by atoms with Crippen LogP contribution in [0.15, 0.2) is 48.5 Å². The summed E-state index contributed by atoms with van der Waals surface area (Å²) < 4.78 is 5.09. The van der Waals surface area contributed by atoms with Crippen molar-refractivity contribution in [1.82, 2.24) is 5.32 Å². The molecule has 0 saturated heterocycles. The van der Waals surface area contributed by atoms with Crippen molar-refractivity contribution in [3.63, 3.8) is 0 Å². The summed E-state index contributed by atoms with van der Waals surface area (Å²) in [5.74, 6) is -0.926. The lowest BCUT2D eigenvalue weighted by molar-refractivity contribution is -0.124. The fraction of sp³-hybridized carbons (Fsp3) is 0.211. The Morgan fingerprint density at radius 1 is 1.08 bits per heavy atom. The number of nitrogens with zero attached hydrogens (tertiary/aromatic N) is 1. The van der Waals surface area contributed by atoms with Crippen LogP contribution >= 0.6 is 0 Å². The van der Waals surface area contributed by atoms with Crippen molar-refractivity contribution in [2.24, 2.45) is 0 Å². The Hall–Kier alpha value is -3.13. The number of amides is 1. The highest BCUT2D eigenvalue weighted by Crippen LogP contribution is 2.27. The van der Waals surface area contributed by atoms with Crippen LogP contribution in [0.1, 0.15) is 29.3 Å². The highest BCUT2D eigenvalue weighted by Gasteiger charge is 2.16. The summed E-state index contributed by atoms with van der Waals surface area (Å²) in [6, 6.07) is 16.0. The second-order valence-corrected chi connectivity index (χ2v) is 5.13. The zero-order valence-electron chi connectivity index (χ0n) is 13.4. The maximum absolute atomic E-state index is 12.3. The van der Waals surface area contributed by atoms with Crippen LogP contribution in [0.5, 0.6) is 0 Å². The summed E-state index contributed by atoms with van der Waals surface area (Å²) in [7, 11) is 0. The SMILES string of the molecule is CCCNC(=O)COC(=O)c1ccccc1-c1ccccc1C#N. The van der Waals surface area contributed by atoms with Gasteiger partial charge in [-0.15, -0.1) is 0 Å². The van der Waals surface area contributed by atoms with Gasteiger partial charge >= 0.3 is 5.97 Å². The molecule has 5 heteroatoms. The van der Waals surface area contributed by atoms with Crippen molar-refractivity contribution in [3.05, 3.63) is 59.7 Å². The number of hydrogen-bond donors (Lipinski definition) is 1. The van der Waals surface area contributed by atoms with Gasteiger partial charge in [-0.3, -0.25) is 4.79 Å². The molecule has 0 fully saturated rings. The largest absolute Gasteiger partial charge is 0.452 e. The van der Waals surface area contributed by atoms with Gasteiger partial charge < -0.3 is 10.1 Å². The summed E-state index contributed by atoms with van der Waals surface area (Å²) in [6.07, 6.45) is 0.813. The molecule has 0 aliphatic heterocycles. The zero-order chi connectivity index (χ0) is 17.4. The molecule has 0 aromatic heterocycles. The van der Waals surface area contributed by atoms with Gasteiger partial charge in [0.1, 0.15) is 0 Å². The van der Waals surface area contributed by atoms with Crippen molar-refractivity contribution >= 4 is 11.9 Å². The molecule has 2 aromatic carbocycles. The molecule has 1 amide bonds. The summed E-state index contributed by atoms with van der Waals surface area (Å²) in [5.41, 5.74) is 2.05. The smallest absolute Gasteiger partial charge is 0.339 e. The number of nitriles is 1. The van der Waals surface area contributed by atoms with Crippen LogP contribution in [-0.2, 0) is 9.53 Å². The van der Waals surface area contributed by atoms with Gasteiger partial charge in [0.2, 0.25) is 0 Å². The van der Waals surface area contributed by atoms with Gasteiger partial charge in [-0.05, 0) is 24.1 Å². The second-order valence-electron chi connectivity index (χ2n) is 5.13. The van der Waals surface area contributed by atoms with E-state index in [4.69, 9.17) is 4.74 Å². The second kappa shape index (κ2) is 8.49. The van der Waals surface area contributed by atoms with Gasteiger partial charge in [0, 0.05) is 12.1 Å². The van der Waals surface area contributed by atoms with E-state index in [0.717, 1.165) is 6.42 Å². The van der Waals surface area contributed by atoms with Crippen molar-refractivity contribution in [2.75, 3.05) is 13.2 Å². The van der Waals surface area contributed by atoms with E-state index in [1.165, 1.54) is 0 Å². The lowest BCUT2D eigenvalue weighted by atomic mass is 9.96. The first-order valence-corrected chi connectivity index (χ1v) is 7.69. The molecule has 2 rings (SSSR count). The molecule has 0 heterocycles. The van der Waals surface area contributed by atoms with Gasteiger partial charge in [-0.1, -0.05) is 43.3 Å². The van der Waals surface area contributed by atoms with E-state index in [1.807, 2.05) is 6.92 Å². The maximum atomic E-state index is 12.3. The molecule has 5 nitrogen and oxygen atoms in total. The molecular formula is C19H18N2O3. The fourth-order valence-corrected chi connectivity index (χ4v) is 2.24. The normalized spacial score (nSPS) is 9.83. The van der Waals surface area contributed by atoms with E-state index in [1.54, 1.807) is 48.5 Å². The summed E-state index contributed by atoms with van der Waals surface area (Å²) in [4.78, 5) is 23.9. The number of esters is 1. The average molecular weight is 322 g/mol. The van der Waals surface area contributed by atoms with Gasteiger partial charge in [0.25, 0.3) is 5.91 Å². The molecule has 0 saturated carbocycles. The lowest BCUT2D eigenvalue weighted by Crippen LogP contribution is -2.29. The summed E-state index contributed by atoms with van der Waals surface area (Å²) in [5, 5.41) is 11.9. The van der Waals surface area contributed by atoms with Crippen molar-refractivity contribution in [2.45, 2.75) is 13.3 Å². The minimum atomic E-state index is -0.593. The Morgan fingerprint density at radius 3 is 2.46 bits per heavy atom. The van der Waals surface area contributed by atoms with Crippen LogP contribution in [0.2, 0.25) is 0 Å². The predicted octanol–water partition coefficient (Wildman–Crippen LogP) is 2.91. The van der Waals surface area contributed by atoms with Crippen LogP contribution in [-0.4, -0.2) is 25.0 Å². The van der Waals surface area contributed by atoms with E-state index < -0.39 is 5.97 Å². The first kappa shape index (κ1) is 17.2. The monoisotopic (exact) mass is 322 g/mol. The Bertz CT molecular complexity index is 778. The molecule has 122 valence electrons. The predicted molar refractivity (Wildman–Crippen MR) is 90.2 cm³/mol. The van der Waals surface area contributed by atoms with Crippen LogP contribution in [0.25, 0.3) is 11.1 Å². The third-order valence-corrected chi connectivity index (χ3v) is 3.39. The number of carbonyl (C=O) groups is 2. The molecule has 2 aromatic rings. The van der Waals surface area contributed by atoms with Gasteiger partial charge in [0.15, 0.2) is 6.61 Å². The highest BCUT2D eigenvalue weighted by atomic mass is 16.5. The molecule has 0 unspecified atom stereocenters. The van der Waals surface area contributed by atoms with E-state index in [2.05, 4.69) is 11.4 Å². The van der Waals surface area contributed by atoms with Crippen molar-refractivity contribution < 1.29 is 14.3 Å². The molecule has 1 N–H and O–H groups in total. The Labute approximate surface area is 140 Å². The van der Waals surface area contributed by atoms with E-state index in [9.17, 15) is 14.9 Å². The number of ether oxygens (including phenoxy) is 1. The zero-order valence-corrected chi connectivity index (χ0v) is 13.4. The minimum absolute atomic E-state index is 0.323. The van der Waals surface area contributed by atoms with Crippen LogP contribution in [0, 0.1) is 11.3 Å². The number of carbonyl (C=O) groups excluding carboxylic acids is 2. The topological polar surface area (TPSA) is 79.2 Å². The van der Waals surface area contributed by atoms with E-state index >= 15 is 0 Å². The van der Waals surface area contributed by atoms with Crippen LogP contribution in [0.3, 0.4) is 0 Å². The number of hydrogen-bond acceptors (Lipinski definition) is 4. The Morgan fingerprint density at radius 2 is 1.75 bits per heavy atom. The van der Waals surface area contributed by atoms with Crippen molar-refractivity contribution in [1.29, 1.82) is 5.26 Å². The van der Waals surface area contributed by atoms with Gasteiger partial charge in [-0.25, -0.2) is 4.79 Å². The molecule has 0 atom stereocenters. The first-order chi connectivity index (χ1) is 11.7. The molecular weight excluding hydrogens is 304 g/mol. The molecule has 0 aliphatic rings. The van der Waals surface area contributed by atoms with Gasteiger partial charge in [0.05, 0.1) is 17.2 Å². The van der Waals surface area contributed by atoms with E-state index in [0.29, 0.717) is 28.8 Å². The van der Waals surface area contributed by atoms with Crippen molar-refractivity contribution in [3.8, 4) is 17.2 Å². The highest BCUT2D eigenvalue weighted by molar-refractivity contribution is 5.98. The third-order valence-electron chi connectivity index (χ3n) is 3.39. The Kier molecular flexibility index (Phi) is 6.09. The number of rotatable bonds is 6. The molecule has 0 spiro atoms. The fourth-order valence-electron chi connectivity index (χ4n) is 2.24. The molecule has 24 heavy (non-hydrogen) atoms. The molecule has 0 bridgehead atoms. The van der Waals surface area contributed by atoms with E-state index in [-0.39, 0.29) is 12.5 Å². The quantitative estimate of drug-likeness (QED) is 0.829. The molecule has 0 aliphatic carbocycles. The average Bonchev–Trinajstić information content (AvgIpc) is 2.64. The molecule has 0 radical (unpaired) electrons. The van der Waals surface area contributed by atoms with Crippen LogP contribution < -0.4 is 5.32 Å². The summed E-state index contributed by atoms with van der Waals surface area (Å²) >= 11 is 0. The minimum Gasteiger partial charge on any atom is -0.452 e. The first-order valence-electron chi connectivity index (χ1n) is 7.69. The standard InChI is InChI=1S/C19H18N2O3/c1-2-11-21-18(22)13-24-19(23)17-10-6-5-9-16(17)15-8-4-3-7-14(15)12-20/h3-10H,2,11,13H2,1H3,(H,21,22). The lowest BCUT2D eigenvalue weighted by Gasteiger charge is -2.11. The Balaban J connectivity index is 2.21. The maximum Gasteiger partial charge on any atom is 0.339 e. The van der Waals surface area contributed by atoms with Crippen LogP contribution in [0.4, 0.5) is 0 Å².